The second-order valence-electron chi connectivity index (χ2n) is 1.95. The van der Waals surface area contributed by atoms with E-state index < -0.39 is 12.0 Å². The fraction of sp³-hybridized carbons (Fsp3) is 0.167. The summed E-state index contributed by atoms with van der Waals surface area (Å²) in [5.74, 6) is 4.08. The Hall–Kier alpha value is -0.910. The van der Waals surface area contributed by atoms with E-state index in [-0.39, 0.29) is 0 Å². The minimum absolute atomic E-state index is 0.708. The Balaban J connectivity index is 2.79. The number of hydrogen-bond acceptors (Lipinski definition) is 4. The number of hydrazine groups is 1. The summed E-state index contributed by atoms with van der Waals surface area (Å²) in [6, 6.07) is 2.73. The fourth-order valence-electron chi connectivity index (χ4n) is 0.731. The third-order valence-electron chi connectivity index (χ3n) is 1.24. The minimum atomic E-state index is -0.963. The van der Waals surface area contributed by atoms with Gasteiger partial charge in [-0.3, -0.25) is 10.6 Å². The van der Waals surface area contributed by atoms with Gasteiger partial charge in [0.25, 0.3) is 0 Å². The molecule has 0 unspecified atom stereocenters. The molecule has 0 saturated carbocycles. The van der Waals surface area contributed by atoms with Gasteiger partial charge in [-0.1, -0.05) is 6.07 Å². The normalized spacial score (nSPS) is 12.8. The van der Waals surface area contributed by atoms with Crippen molar-refractivity contribution in [2.75, 3.05) is 0 Å². The molecule has 1 aromatic rings. The lowest BCUT2D eigenvalue weighted by atomic mass is 10.2. The molecule has 1 aromatic heterocycles. The van der Waals surface area contributed by atoms with E-state index in [1.165, 1.54) is 11.3 Å². The van der Waals surface area contributed by atoms with Crippen molar-refractivity contribution in [3.63, 3.8) is 0 Å². The highest BCUT2D eigenvalue weighted by Crippen LogP contribution is 2.17. The zero-order valence-corrected chi connectivity index (χ0v) is 6.47. The average molecular weight is 172 g/mol. The summed E-state index contributed by atoms with van der Waals surface area (Å²) in [7, 11) is 0. The number of nitrogens with two attached hydrogens (primary N) is 1. The highest BCUT2D eigenvalue weighted by molar-refractivity contribution is 7.10. The maximum Gasteiger partial charge on any atom is 0.327 e. The van der Waals surface area contributed by atoms with Gasteiger partial charge < -0.3 is 5.11 Å². The molecule has 0 radical (unpaired) electrons. The van der Waals surface area contributed by atoms with E-state index in [4.69, 9.17) is 10.9 Å². The van der Waals surface area contributed by atoms with E-state index >= 15 is 0 Å². The van der Waals surface area contributed by atoms with E-state index in [9.17, 15) is 4.79 Å². The molecule has 0 aromatic carbocycles. The molecule has 0 aliphatic rings. The van der Waals surface area contributed by atoms with Gasteiger partial charge in [0.1, 0.15) is 0 Å². The molecule has 5 heteroatoms. The van der Waals surface area contributed by atoms with Crippen LogP contribution in [0.1, 0.15) is 10.9 Å². The highest BCUT2D eigenvalue weighted by Gasteiger charge is 2.17. The van der Waals surface area contributed by atoms with Crippen LogP contribution in [0.3, 0.4) is 0 Å². The van der Waals surface area contributed by atoms with Gasteiger partial charge in [-0.25, -0.2) is 5.43 Å². The van der Waals surface area contributed by atoms with Gasteiger partial charge in [0.2, 0.25) is 0 Å². The smallest absolute Gasteiger partial charge is 0.327 e. The maximum absolute atomic E-state index is 10.5. The quantitative estimate of drug-likeness (QED) is 0.454. The molecule has 60 valence electrons. The van der Waals surface area contributed by atoms with Crippen molar-refractivity contribution in [1.29, 1.82) is 0 Å². The summed E-state index contributed by atoms with van der Waals surface area (Å²) in [5.41, 5.74) is 2.21. The standard InChI is InChI=1S/C6H8N2O2S/c7-8-5(6(9)10)4-2-1-3-11-4/h1-3,5,8H,7H2,(H,9,10)/t5-/m1/s1. The molecule has 0 fully saturated rings. The monoisotopic (exact) mass is 172 g/mol. The number of carbonyl (C=O) groups is 1. The van der Waals surface area contributed by atoms with Crippen molar-refractivity contribution in [2.24, 2.45) is 5.84 Å². The van der Waals surface area contributed by atoms with Gasteiger partial charge in [-0.05, 0) is 11.4 Å². The van der Waals surface area contributed by atoms with Gasteiger partial charge in [-0.2, -0.15) is 0 Å². The maximum atomic E-state index is 10.5. The largest absolute Gasteiger partial charge is 0.480 e. The van der Waals surface area contributed by atoms with Crippen LogP contribution in [0.4, 0.5) is 0 Å². The molecule has 0 aliphatic carbocycles. The van der Waals surface area contributed by atoms with Crippen molar-refractivity contribution < 1.29 is 9.90 Å². The van der Waals surface area contributed by atoms with Crippen LogP contribution < -0.4 is 11.3 Å². The van der Waals surface area contributed by atoms with Crippen molar-refractivity contribution in [3.05, 3.63) is 22.4 Å². The van der Waals surface area contributed by atoms with E-state index in [0.717, 1.165) is 0 Å². The van der Waals surface area contributed by atoms with E-state index in [1.54, 1.807) is 12.1 Å². The van der Waals surface area contributed by atoms with Crippen molar-refractivity contribution in [1.82, 2.24) is 5.43 Å². The Kier molecular flexibility index (Phi) is 2.58. The van der Waals surface area contributed by atoms with Crippen molar-refractivity contribution >= 4 is 17.3 Å². The van der Waals surface area contributed by atoms with Crippen LogP contribution in [0, 0.1) is 0 Å². The van der Waals surface area contributed by atoms with Gasteiger partial charge in [0.15, 0.2) is 6.04 Å². The van der Waals surface area contributed by atoms with Crippen LogP contribution in [-0.4, -0.2) is 11.1 Å². The first-order chi connectivity index (χ1) is 5.25. The minimum Gasteiger partial charge on any atom is -0.480 e. The molecule has 11 heavy (non-hydrogen) atoms. The summed E-state index contributed by atoms with van der Waals surface area (Å²) >= 11 is 1.36. The van der Waals surface area contributed by atoms with Gasteiger partial charge in [0.05, 0.1) is 0 Å². The van der Waals surface area contributed by atoms with Crippen molar-refractivity contribution in [2.45, 2.75) is 6.04 Å². The Morgan fingerprint density at radius 1 is 1.82 bits per heavy atom. The molecule has 0 aliphatic heterocycles. The lowest BCUT2D eigenvalue weighted by molar-refractivity contribution is -0.139. The predicted molar refractivity (Wildman–Crippen MR) is 42.0 cm³/mol. The Morgan fingerprint density at radius 3 is 2.91 bits per heavy atom. The number of nitrogens with one attached hydrogen (secondary N) is 1. The first kappa shape index (κ1) is 8.19. The number of carboxylic acid groups (broad SMARTS) is 1. The second kappa shape index (κ2) is 3.47. The number of hydrogen-bond donors (Lipinski definition) is 3. The van der Waals surface area contributed by atoms with Crippen LogP contribution in [0.25, 0.3) is 0 Å². The lowest BCUT2D eigenvalue weighted by Gasteiger charge is -2.06. The SMILES string of the molecule is NN[C@@H](C(=O)O)c1cccs1. The van der Waals surface area contributed by atoms with Gasteiger partial charge >= 0.3 is 5.97 Å². The van der Waals surface area contributed by atoms with Crippen LogP contribution in [0.5, 0.6) is 0 Å². The summed E-state index contributed by atoms with van der Waals surface area (Å²) in [4.78, 5) is 11.2. The lowest BCUT2D eigenvalue weighted by Crippen LogP contribution is -2.33. The third-order valence-corrected chi connectivity index (χ3v) is 2.18. The first-order valence-electron chi connectivity index (χ1n) is 2.98. The summed E-state index contributed by atoms with van der Waals surface area (Å²) in [5, 5.41) is 10.4. The molecule has 1 heterocycles. The van der Waals surface area contributed by atoms with E-state index in [0.29, 0.717) is 4.88 Å². The Labute approximate surface area is 67.6 Å². The van der Waals surface area contributed by atoms with Crippen LogP contribution in [0.2, 0.25) is 0 Å². The zero-order valence-electron chi connectivity index (χ0n) is 5.65. The highest BCUT2D eigenvalue weighted by atomic mass is 32.1. The predicted octanol–water partition coefficient (Wildman–Crippen LogP) is 0.337. The van der Waals surface area contributed by atoms with Gasteiger partial charge in [-0.15, -0.1) is 11.3 Å². The summed E-state index contributed by atoms with van der Waals surface area (Å²) < 4.78 is 0. The molecule has 0 spiro atoms. The molecule has 1 rings (SSSR count). The molecule has 1 atom stereocenters. The fourth-order valence-corrected chi connectivity index (χ4v) is 1.51. The molecule has 0 amide bonds. The first-order valence-corrected chi connectivity index (χ1v) is 3.86. The van der Waals surface area contributed by atoms with Crippen LogP contribution in [0.15, 0.2) is 17.5 Å². The number of carboxylic acids is 1. The summed E-state index contributed by atoms with van der Waals surface area (Å²) in [6.07, 6.45) is 0. The molecule has 0 saturated heterocycles. The third kappa shape index (κ3) is 1.76. The van der Waals surface area contributed by atoms with E-state index in [2.05, 4.69) is 5.43 Å². The Bertz CT molecular complexity index is 235. The molecular weight excluding hydrogens is 164 g/mol. The topological polar surface area (TPSA) is 75.3 Å². The molecule has 4 nitrogen and oxygen atoms in total. The second-order valence-corrected chi connectivity index (χ2v) is 2.93. The molecule has 4 N–H and O–H groups in total. The van der Waals surface area contributed by atoms with E-state index in [1.807, 2.05) is 5.38 Å². The average Bonchev–Trinajstić information content (AvgIpc) is 2.40. The van der Waals surface area contributed by atoms with Crippen LogP contribution in [-0.2, 0) is 4.79 Å². The van der Waals surface area contributed by atoms with Crippen LogP contribution >= 0.6 is 11.3 Å². The zero-order chi connectivity index (χ0) is 8.27. The van der Waals surface area contributed by atoms with Crippen molar-refractivity contribution in [3.8, 4) is 0 Å². The summed E-state index contributed by atoms with van der Waals surface area (Å²) in [6.45, 7) is 0. The molecular formula is C6H8N2O2S. The Morgan fingerprint density at radius 2 is 2.55 bits per heavy atom. The number of rotatable bonds is 3. The number of aliphatic carboxylic acids is 1. The number of thiophene rings is 1. The van der Waals surface area contributed by atoms with Gasteiger partial charge in [0, 0.05) is 4.88 Å². The molecule has 0 bridgehead atoms.